The number of anilines is 2. The van der Waals surface area contributed by atoms with E-state index in [4.69, 9.17) is 5.73 Å². The fourth-order valence-electron chi connectivity index (χ4n) is 1.31. The van der Waals surface area contributed by atoms with Crippen molar-refractivity contribution in [2.75, 3.05) is 11.1 Å². The lowest BCUT2D eigenvalue weighted by molar-refractivity contribution is 0.102. The van der Waals surface area contributed by atoms with Gasteiger partial charge in [-0.25, -0.2) is 9.37 Å². The second-order valence-electron chi connectivity index (χ2n) is 3.42. The summed E-state index contributed by atoms with van der Waals surface area (Å²) in [5.41, 5.74) is 5.98. The van der Waals surface area contributed by atoms with Gasteiger partial charge in [0.15, 0.2) is 5.69 Å². The summed E-state index contributed by atoms with van der Waals surface area (Å²) in [5.74, 6) is -0.719. The van der Waals surface area contributed by atoms with Crippen LogP contribution in [0, 0.1) is 5.82 Å². The number of halogens is 1. The Balaban J connectivity index is 2.17. The molecule has 0 saturated heterocycles. The molecule has 0 saturated carbocycles. The molecule has 2 heterocycles. The number of hydrogen-bond donors (Lipinski definition) is 2. The summed E-state index contributed by atoms with van der Waals surface area (Å²) in [6, 6.07) is 2.55. The Hall–Kier alpha value is -2.44. The lowest BCUT2D eigenvalue weighted by Crippen LogP contribution is -2.15. The van der Waals surface area contributed by atoms with E-state index in [0.717, 1.165) is 6.20 Å². The summed E-state index contributed by atoms with van der Waals surface area (Å²) in [6.45, 7) is 0. The molecule has 88 valence electrons. The maximum Gasteiger partial charge on any atom is 0.279 e. The third kappa shape index (κ3) is 2.39. The molecule has 6 nitrogen and oxygen atoms in total. The average Bonchev–Trinajstić information content (AvgIpc) is 2.61. The first-order valence-corrected chi connectivity index (χ1v) is 4.78. The number of aromatic nitrogens is 3. The van der Waals surface area contributed by atoms with E-state index in [1.807, 2.05) is 0 Å². The van der Waals surface area contributed by atoms with E-state index in [-0.39, 0.29) is 17.2 Å². The zero-order chi connectivity index (χ0) is 12.4. The predicted octanol–water partition coefficient (Wildman–Crippen LogP) is 0.789. The van der Waals surface area contributed by atoms with Crippen molar-refractivity contribution in [3.05, 3.63) is 36.0 Å². The lowest BCUT2D eigenvalue weighted by atomic mass is 10.3. The van der Waals surface area contributed by atoms with E-state index < -0.39 is 11.7 Å². The van der Waals surface area contributed by atoms with Gasteiger partial charge in [0, 0.05) is 13.2 Å². The number of carbonyl (C=O) groups excluding carboxylic acids is 1. The van der Waals surface area contributed by atoms with E-state index in [9.17, 15) is 9.18 Å². The van der Waals surface area contributed by atoms with Crippen LogP contribution in [0.15, 0.2) is 24.5 Å². The van der Waals surface area contributed by atoms with E-state index >= 15 is 0 Å². The molecule has 0 aliphatic rings. The first-order valence-electron chi connectivity index (χ1n) is 4.78. The smallest absolute Gasteiger partial charge is 0.279 e. The van der Waals surface area contributed by atoms with Gasteiger partial charge in [0.05, 0.1) is 11.9 Å². The highest BCUT2D eigenvalue weighted by atomic mass is 19.1. The highest BCUT2D eigenvalue weighted by Gasteiger charge is 2.14. The molecular weight excluding hydrogens is 225 g/mol. The molecule has 0 atom stereocenters. The van der Waals surface area contributed by atoms with Gasteiger partial charge in [-0.15, -0.1) is 0 Å². The van der Waals surface area contributed by atoms with Gasteiger partial charge in [-0.1, -0.05) is 0 Å². The molecule has 0 fully saturated rings. The molecule has 0 aliphatic heterocycles. The molecular formula is C10H10FN5O. The van der Waals surface area contributed by atoms with Gasteiger partial charge in [-0.05, 0) is 12.1 Å². The predicted molar refractivity (Wildman–Crippen MR) is 59.8 cm³/mol. The van der Waals surface area contributed by atoms with Crippen LogP contribution in [0.3, 0.4) is 0 Å². The number of nitrogens with zero attached hydrogens (tertiary/aromatic N) is 3. The van der Waals surface area contributed by atoms with Gasteiger partial charge in [0.25, 0.3) is 5.91 Å². The highest BCUT2D eigenvalue weighted by Crippen LogP contribution is 2.11. The third-order valence-electron chi connectivity index (χ3n) is 2.04. The number of nitrogens with one attached hydrogen (secondary N) is 1. The van der Waals surface area contributed by atoms with Gasteiger partial charge in [0.2, 0.25) is 0 Å². The van der Waals surface area contributed by atoms with E-state index in [1.54, 1.807) is 7.05 Å². The van der Waals surface area contributed by atoms with Gasteiger partial charge in [-0.3, -0.25) is 9.48 Å². The number of nitrogen functional groups attached to an aromatic ring is 1. The molecule has 0 radical (unpaired) electrons. The standard InChI is InChI=1S/C10H10FN5O/c1-16-5-7(12)9(15-16)10(17)14-8-3-2-6(11)4-13-8/h2-5H,12H2,1H3,(H,13,14,17). The molecule has 7 heteroatoms. The summed E-state index contributed by atoms with van der Waals surface area (Å²) < 4.78 is 14.0. The Kier molecular flexibility index (Phi) is 2.73. The van der Waals surface area contributed by atoms with Crippen molar-refractivity contribution in [2.45, 2.75) is 0 Å². The van der Waals surface area contributed by atoms with Gasteiger partial charge < -0.3 is 11.1 Å². The first kappa shape index (κ1) is 11.1. The summed E-state index contributed by atoms with van der Waals surface area (Å²) in [4.78, 5) is 15.4. The number of amides is 1. The topological polar surface area (TPSA) is 85.8 Å². The number of rotatable bonds is 2. The quantitative estimate of drug-likeness (QED) is 0.805. The molecule has 0 bridgehead atoms. The Morgan fingerprint density at radius 1 is 1.53 bits per heavy atom. The average molecular weight is 235 g/mol. The Bertz CT molecular complexity index is 548. The van der Waals surface area contributed by atoms with Crippen molar-refractivity contribution < 1.29 is 9.18 Å². The molecule has 2 aromatic heterocycles. The number of pyridine rings is 1. The summed E-state index contributed by atoms with van der Waals surface area (Å²) in [6.07, 6.45) is 2.53. The van der Waals surface area contributed by atoms with Gasteiger partial charge >= 0.3 is 0 Å². The van der Waals surface area contributed by atoms with Crippen molar-refractivity contribution in [2.24, 2.45) is 7.05 Å². The molecule has 0 unspecified atom stereocenters. The minimum absolute atomic E-state index is 0.110. The van der Waals surface area contributed by atoms with Crippen molar-refractivity contribution in [1.82, 2.24) is 14.8 Å². The van der Waals surface area contributed by atoms with Crippen LogP contribution >= 0.6 is 0 Å². The Morgan fingerprint density at radius 2 is 2.29 bits per heavy atom. The van der Waals surface area contributed by atoms with E-state index in [0.29, 0.717) is 0 Å². The molecule has 2 aromatic rings. The van der Waals surface area contributed by atoms with Crippen molar-refractivity contribution >= 4 is 17.4 Å². The van der Waals surface area contributed by atoms with Crippen molar-refractivity contribution in [3.63, 3.8) is 0 Å². The zero-order valence-corrected chi connectivity index (χ0v) is 9.01. The third-order valence-corrected chi connectivity index (χ3v) is 2.04. The molecule has 17 heavy (non-hydrogen) atoms. The van der Waals surface area contributed by atoms with Crippen molar-refractivity contribution in [1.29, 1.82) is 0 Å². The summed E-state index contributed by atoms with van der Waals surface area (Å²) in [5, 5.41) is 6.37. The van der Waals surface area contributed by atoms with Crippen molar-refractivity contribution in [3.8, 4) is 0 Å². The minimum atomic E-state index is -0.484. The minimum Gasteiger partial charge on any atom is -0.396 e. The molecule has 1 amide bonds. The van der Waals surface area contributed by atoms with Crippen LogP contribution in [0.25, 0.3) is 0 Å². The van der Waals surface area contributed by atoms with Crippen LogP contribution in [-0.4, -0.2) is 20.7 Å². The zero-order valence-electron chi connectivity index (χ0n) is 9.01. The van der Waals surface area contributed by atoms with Crippen LogP contribution < -0.4 is 11.1 Å². The lowest BCUT2D eigenvalue weighted by Gasteiger charge is -2.02. The van der Waals surface area contributed by atoms with Gasteiger partial charge in [0.1, 0.15) is 11.6 Å². The van der Waals surface area contributed by atoms with Crippen LogP contribution in [-0.2, 0) is 7.05 Å². The van der Waals surface area contributed by atoms with E-state index in [2.05, 4.69) is 15.4 Å². The fraction of sp³-hybridized carbons (Fsp3) is 0.100. The molecule has 0 spiro atoms. The molecule has 0 aliphatic carbocycles. The Labute approximate surface area is 96.3 Å². The fourth-order valence-corrected chi connectivity index (χ4v) is 1.31. The summed E-state index contributed by atoms with van der Waals surface area (Å²) in [7, 11) is 1.66. The van der Waals surface area contributed by atoms with Crippen LogP contribution in [0.4, 0.5) is 15.9 Å². The van der Waals surface area contributed by atoms with Gasteiger partial charge in [-0.2, -0.15) is 5.10 Å². The van der Waals surface area contributed by atoms with E-state index in [1.165, 1.54) is 23.0 Å². The second kappa shape index (κ2) is 4.20. The normalized spacial score (nSPS) is 10.2. The maximum atomic E-state index is 12.6. The number of nitrogens with two attached hydrogens (primary N) is 1. The number of aryl methyl sites for hydroxylation is 1. The second-order valence-corrected chi connectivity index (χ2v) is 3.42. The molecule has 3 N–H and O–H groups in total. The Morgan fingerprint density at radius 3 is 2.82 bits per heavy atom. The van der Waals surface area contributed by atoms with Crippen LogP contribution in [0.5, 0.6) is 0 Å². The molecule has 2 rings (SSSR count). The monoisotopic (exact) mass is 235 g/mol. The highest BCUT2D eigenvalue weighted by molar-refractivity contribution is 6.05. The number of carbonyl (C=O) groups is 1. The number of hydrogen-bond acceptors (Lipinski definition) is 4. The maximum absolute atomic E-state index is 12.6. The largest absolute Gasteiger partial charge is 0.396 e. The van der Waals surface area contributed by atoms with Crippen LogP contribution in [0.2, 0.25) is 0 Å². The summed E-state index contributed by atoms with van der Waals surface area (Å²) >= 11 is 0. The van der Waals surface area contributed by atoms with Crippen LogP contribution in [0.1, 0.15) is 10.5 Å². The SMILES string of the molecule is Cn1cc(N)c(C(=O)Nc2ccc(F)cn2)n1. The molecule has 0 aromatic carbocycles. The first-order chi connectivity index (χ1) is 8.06.